The van der Waals surface area contributed by atoms with Gasteiger partial charge in [0.2, 0.25) is 0 Å². The molecule has 39 heavy (non-hydrogen) atoms. The van der Waals surface area contributed by atoms with Gasteiger partial charge in [0.25, 0.3) is 0 Å². The van der Waals surface area contributed by atoms with Gasteiger partial charge in [0.05, 0.1) is 24.6 Å². The van der Waals surface area contributed by atoms with E-state index in [0.717, 1.165) is 71.1 Å². The molecular weight excluding hydrogens is 480 g/mol. The smallest absolute Gasteiger partial charge is 0.128 e. The van der Waals surface area contributed by atoms with E-state index in [1.165, 1.54) is 5.69 Å². The molecule has 0 aliphatic carbocycles. The van der Waals surface area contributed by atoms with Crippen LogP contribution in [0.2, 0.25) is 0 Å². The van der Waals surface area contributed by atoms with Gasteiger partial charge in [0.15, 0.2) is 0 Å². The van der Waals surface area contributed by atoms with Gasteiger partial charge in [-0.05, 0) is 85.3 Å². The highest BCUT2D eigenvalue weighted by atomic mass is 16.5. The van der Waals surface area contributed by atoms with Crippen molar-refractivity contribution in [2.24, 2.45) is 5.92 Å². The van der Waals surface area contributed by atoms with Crippen LogP contribution in [0.25, 0.3) is 33.6 Å². The Morgan fingerprint density at radius 1 is 0.667 bits per heavy atom. The first kappa shape index (κ1) is 28.2. The molecule has 0 amide bonds. The quantitative estimate of drug-likeness (QED) is 0.175. The van der Waals surface area contributed by atoms with Crippen LogP contribution in [0.1, 0.15) is 47.5 Å². The summed E-state index contributed by atoms with van der Waals surface area (Å²) in [5, 5.41) is 0. The summed E-state index contributed by atoms with van der Waals surface area (Å²) >= 11 is 0. The molecule has 1 heterocycles. The molecular formula is C35H42N2O2. The molecule has 4 nitrogen and oxygen atoms in total. The van der Waals surface area contributed by atoms with Gasteiger partial charge >= 0.3 is 0 Å². The number of hydrogen-bond acceptors (Lipinski definition) is 4. The van der Waals surface area contributed by atoms with E-state index in [-0.39, 0.29) is 0 Å². The fourth-order valence-corrected chi connectivity index (χ4v) is 4.73. The number of benzene rings is 3. The van der Waals surface area contributed by atoms with E-state index >= 15 is 0 Å². The number of aromatic nitrogens is 1. The Balaban J connectivity index is 1.83. The molecule has 4 rings (SSSR count). The number of para-hydroxylation sites is 2. The third-order valence-corrected chi connectivity index (χ3v) is 6.61. The topological polar surface area (TPSA) is 34.6 Å². The molecule has 0 N–H and O–H groups in total. The number of nitrogens with zero attached hydrogens (tertiary/aromatic N) is 2. The van der Waals surface area contributed by atoms with Crippen LogP contribution in [0.4, 0.5) is 5.69 Å². The molecule has 204 valence electrons. The zero-order chi connectivity index (χ0) is 27.6. The van der Waals surface area contributed by atoms with Crippen molar-refractivity contribution in [3.05, 3.63) is 84.9 Å². The van der Waals surface area contributed by atoms with Crippen molar-refractivity contribution in [1.29, 1.82) is 0 Å². The Kier molecular flexibility index (Phi) is 10.0. The average molecular weight is 523 g/mol. The Hall–Kier alpha value is -3.79. The SMILES string of the molecule is CCCOc1ccccc1-c1cc(-c2ccc(N(CC)CC(C)C)cc2)cc(-c2ccccc2OCCC)n1. The summed E-state index contributed by atoms with van der Waals surface area (Å²) in [6.45, 7) is 14.4. The van der Waals surface area contributed by atoms with Crippen LogP contribution in [-0.4, -0.2) is 31.3 Å². The molecule has 0 fully saturated rings. The van der Waals surface area contributed by atoms with Crippen LogP contribution in [-0.2, 0) is 0 Å². The largest absolute Gasteiger partial charge is 0.493 e. The van der Waals surface area contributed by atoms with Crippen LogP contribution >= 0.6 is 0 Å². The van der Waals surface area contributed by atoms with Crippen LogP contribution in [0.15, 0.2) is 84.9 Å². The second-order valence-electron chi connectivity index (χ2n) is 10.3. The summed E-state index contributed by atoms with van der Waals surface area (Å²) in [5.74, 6) is 2.32. The maximum Gasteiger partial charge on any atom is 0.128 e. The number of ether oxygens (including phenoxy) is 2. The molecule has 0 unspecified atom stereocenters. The fraction of sp³-hybridized carbons (Fsp3) is 0.343. The zero-order valence-corrected chi connectivity index (χ0v) is 24.1. The maximum absolute atomic E-state index is 6.12. The Labute approximate surface area is 234 Å². The molecule has 0 spiro atoms. The molecule has 4 aromatic rings. The lowest BCUT2D eigenvalue weighted by Crippen LogP contribution is -2.27. The van der Waals surface area contributed by atoms with Gasteiger partial charge < -0.3 is 14.4 Å². The summed E-state index contributed by atoms with van der Waals surface area (Å²) in [5.41, 5.74) is 7.28. The highest BCUT2D eigenvalue weighted by molar-refractivity contribution is 5.80. The van der Waals surface area contributed by atoms with E-state index < -0.39 is 0 Å². The number of pyridine rings is 1. The monoisotopic (exact) mass is 522 g/mol. The van der Waals surface area contributed by atoms with Crippen LogP contribution in [0.5, 0.6) is 11.5 Å². The minimum atomic E-state index is 0.611. The molecule has 0 radical (unpaired) electrons. The van der Waals surface area contributed by atoms with Gasteiger partial charge in [-0.3, -0.25) is 0 Å². The first-order valence-electron chi connectivity index (χ1n) is 14.4. The summed E-state index contributed by atoms with van der Waals surface area (Å²) < 4.78 is 12.2. The molecule has 3 aromatic carbocycles. The van der Waals surface area contributed by atoms with Gasteiger partial charge in [-0.2, -0.15) is 0 Å². The molecule has 1 aromatic heterocycles. The molecule has 4 heteroatoms. The Morgan fingerprint density at radius 3 is 1.64 bits per heavy atom. The molecule has 0 aliphatic rings. The lowest BCUT2D eigenvalue weighted by Gasteiger charge is -2.25. The number of hydrogen-bond donors (Lipinski definition) is 0. The third-order valence-electron chi connectivity index (χ3n) is 6.61. The summed E-state index contributed by atoms with van der Waals surface area (Å²) in [7, 11) is 0. The summed E-state index contributed by atoms with van der Waals surface area (Å²) in [4.78, 5) is 7.59. The second-order valence-corrected chi connectivity index (χ2v) is 10.3. The number of rotatable bonds is 13. The van der Waals surface area contributed by atoms with Crippen molar-refractivity contribution in [3.8, 4) is 45.1 Å². The summed E-state index contributed by atoms with van der Waals surface area (Å²) in [6, 6.07) is 29.6. The maximum atomic E-state index is 6.12. The molecule has 0 saturated carbocycles. The summed E-state index contributed by atoms with van der Waals surface area (Å²) in [6.07, 6.45) is 1.90. The first-order chi connectivity index (χ1) is 19.0. The molecule has 0 saturated heterocycles. The minimum Gasteiger partial charge on any atom is -0.493 e. The van der Waals surface area contributed by atoms with Crippen LogP contribution in [0, 0.1) is 5.92 Å². The molecule has 0 bridgehead atoms. The van der Waals surface area contributed by atoms with Crippen molar-refractivity contribution in [2.75, 3.05) is 31.2 Å². The highest BCUT2D eigenvalue weighted by Crippen LogP contribution is 2.37. The van der Waals surface area contributed by atoms with E-state index in [4.69, 9.17) is 14.5 Å². The minimum absolute atomic E-state index is 0.611. The second kappa shape index (κ2) is 13.8. The van der Waals surface area contributed by atoms with Gasteiger partial charge in [-0.1, -0.05) is 64.1 Å². The fourth-order valence-electron chi connectivity index (χ4n) is 4.73. The molecule has 0 atom stereocenters. The number of anilines is 1. The standard InChI is InChI=1S/C35H42N2O2/c1-6-21-38-34-15-11-9-13-30(34)32-23-28(27-17-19-29(20-18-27)37(8-3)25-26(4)5)24-33(36-32)31-14-10-12-16-35(31)39-22-7-2/h9-20,23-24,26H,6-8,21-22,25H2,1-5H3. The van der Waals surface area contributed by atoms with Crippen molar-refractivity contribution >= 4 is 5.69 Å². The van der Waals surface area contributed by atoms with E-state index in [2.05, 4.69) is 88.0 Å². The normalized spacial score (nSPS) is 11.0. The van der Waals surface area contributed by atoms with Crippen LogP contribution < -0.4 is 14.4 Å². The predicted octanol–water partition coefficient (Wildman–Crippen LogP) is 9.14. The lowest BCUT2D eigenvalue weighted by atomic mass is 9.99. The van der Waals surface area contributed by atoms with Gasteiger partial charge in [0.1, 0.15) is 11.5 Å². The van der Waals surface area contributed by atoms with Crippen molar-refractivity contribution in [3.63, 3.8) is 0 Å². The third kappa shape index (κ3) is 7.20. The Morgan fingerprint density at radius 2 is 1.18 bits per heavy atom. The van der Waals surface area contributed by atoms with Crippen molar-refractivity contribution in [1.82, 2.24) is 4.98 Å². The van der Waals surface area contributed by atoms with Gasteiger partial charge in [-0.15, -0.1) is 0 Å². The zero-order valence-electron chi connectivity index (χ0n) is 24.1. The Bertz CT molecular complexity index is 1260. The first-order valence-corrected chi connectivity index (χ1v) is 14.4. The highest BCUT2D eigenvalue weighted by Gasteiger charge is 2.15. The van der Waals surface area contributed by atoms with Gasteiger partial charge in [-0.25, -0.2) is 4.98 Å². The lowest BCUT2D eigenvalue weighted by molar-refractivity contribution is 0.318. The average Bonchev–Trinajstić information content (AvgIpc) is 2.97. The predicted molar refractivity (Wildman–Crippen MR) is 165 cm³/mol. The van der Waals surface area contributed by atoms with E-state index in [1.54, 1.807) is 0 Å². The van der Waals surface area contributed by atoms with Gasteiger partial charge in [0, 0.05) is 29.9 Å². The van der Waals surface area contributed by atoms with Crippen molar-refractivity contribution < 1.29 is 9.47 Å². The van der Waals surface area contributed by atoms with Crippen LogP contribution in [0.3, 0.4) is 0 Å². The van der Waals surface area contributed by atoms with Crippen molar-refractivity contribution in [2.45, 2.75) is 47.5 Å². The van der Waals surface area contributed by atoms with E-state index in [9.17, 15) is 0 Å². The molecule has 0 aliphatic heterocycles. The van der Waals surface area contributed by atoms with E-state index in [0.29, 0.717) is 19.1 Å². The van der Waals surface area contributed by atoms with E-state index in [1.807, 2.05) is 36.4 Å².